The second kappa shape index (κ2) is 6.37. The van der Waals surface area contributed by atoms with Gasteiger partial charge in [-0.1, -0.05) is 28.1 Å². The summed E-state index contributed by atoms with van der Waals surface area (Å²) in [6, 6.07) is 10.5. The van der Waals surface area contributed by atoms with Crippen molar-refractivity contribution in [1.82, 2.24) is 0 Å². The Bertz CT molecular complexity index is 578. The average molecular weight is 452 g/mol. The van der Waals surface area contributed by atoms with Crippen LogP contribution in [-0.4, -0.2) is 0 Å². The normalized spacial score (nSPS) is 12.3. The predicted octanol–water partition coefficient (Wildman–Crippen LogP) is 6.29. The lowest BCUT2D eigenvalue weighted by molar-refractivity contribution is 0.623. The molecule has 1 nitrogen and oxygen atoms in total. The van der Waals surface area contributed by atoms with E-state index in [0.717, 1.165) is 24.7 Å². The third-order valence-corrected chi connectivity index (χ3v) is 4.43. The van der Waals surface area contributed by atoms with Crippen LogP contribution < -0.4 is 5.32 Å². The van der Waals surface area contributed by atoms with Gasteiger partial charge in [-0.25, -0.2) is 4.39 Å². The lowest BCUT2D eigenvalue weighted by Gasteiger charge is -2.18. The Balaban J connectivity index is 2.26. The van der Waals surface area contributed by atoms with Crippen molar-refractivity contribution in [2.45, 2.75) is 13.0 Å². The molecule has 0 aromatic heterocycles. The van der Waals surface area contributed by atoms with Gasteiger partial charge >= 0.3 is 0 Å². The first-order valence-electron chi connectivity index (χ1n) is 5.64. The van der Waals surface area contributed by atoms with Gasteiger partial charge in [0.1, 0.15) is 5.82 Å². The van der Waals surface area contributed by atoms with Gasteiger partial charge in [0.15, 0.2) is 0 Å². The minimum Gasteiger partial charge on any atom is -0.377 e. The van der Waals surface area contributed by atoms with Gasteiger partial charge in [0.25, 0.3) is 0 Å². The van der Waals surface area contributed by atoms with E-state index >= 15 is 0 Å². The molecule has 100 valence electrons. The Morgan fingerprint density at radius 3 is 2.26 bits per heavy atom. The highest BCUT2D eigenvalue weighted by Crippen LogP contribution is 2.36. The van der Waals surface area contributed by atoms with Crippen molar-refractivity contribution in [3.05, 3.63) is 61.2 Å². The van der Waals surface area contributed by atoms with Crippen LogP contribution in [0.4, 0.5) is 10.1 Å². The molecule has 0 heterocycles. The first kappa shape index (κ1) is 15.0. The fraction of sp³-hybridized carbons (Fsp3) is 0.143. The maximum absolute atomic E-state index is 13.2. The van der Waals surface area contributed by atoms with Crippen LogP contribution in [0.2, 0.25) is 0 Å². The van der Waals surface area contributed by atoms with Crippen LogP contribution >= 0.6 is 47.8 Å². The number of rotatable bonds is 3. The van der Waals surface area contributed by atoms with E-state index in [0.29, 0.717) is 0 Å². The maximum atomic E-state index is 13.2. The van der Waals surface area contributed by atoms with Gasteiger partial charge < -0.3 is 5.32 Å². The molecule has 0 saturated heterocycles. The van der Waals surface area contributed by atoms with Gasteiger partial charge in [-0.3, -0.25) is 0 Å². The first-order valence-corrected chi connectivity index (χ1v) is 8.02. The van der Waals surface area contributed by atoms with Crippen molar-refractivity contribution in [2.75, 3.05) is 5.32 Å². The van der Waals surface area contributed by atoms with E-state index in [2.05, 4.69) is 53.1 Å². The van der Waals surface area contributed by atoms with Gasteiger partial charge in [-0.05, 0) is 68.6 Å². The Kier molecular flexibility index (Phi) is 5.03. The van der Waals surface area contributed by atoms with E-state index < -0.39 is 0 Å². The minimum absolute atomic E-state index is 0.00414. The number of halogens is 4. The summed E-state index contributed by atoms with van der Waals surface area (Å²) >= 11 is 10.5. The summed E-state index contributed by atoms with van der Waals surface area (Å²) < 4.78 is 16.1. The average Bonchev–Trinajstić information content (AvgIpc) is 2.33. The number of hydrogen-bond donors (Lipinski definition) is 1. The third kappa shape index (κ3) is 3.80. The van der Waals surface area contributed by atoms with E-state index in [1.165, 1.54) is 6.07 Å². The minimum atomic E-state index is -0.222. The summed E-state index contributed by atoms with van der Waals surface area (Å²) in [5, 5.41) is 3.37. The summed E-state index contributed by atoms with van der Waals surface area (Å²) in [6.45, 7) is 2.00. The van der Waals surface area contributed by atoms with Gasteiger partial charge in [0.2, 0.25) is 0 Å². The van der Waals surface area contributed by atoms with Crippen molar-refractivity contribution in [2.24, 2.45) is 0 Å². The molecule has 19 heavy (non-hydrogen) atoms. The highest BCUT2D eigenvalue weighted by atomic mass is 79.9. The predicted molar refractivity (Wildman–Crippen MR) is 88.0 cm³/mol. The molecule has 0 fully saturated rings. The van der Waals surface area contributed by atoms with E-state index in [4.69, 9.17) is 0 Å². The van der Waals surface area contributed by atoms with Crippen LogP contribution in [0.15, 0.2) is 49.8 Å². The quantitative estimate of drug-likeness (QED) is 0.578. The van der Waals surface area contributed by atoms with E-state index in [1.54, 1.807) is 12.1 Å². The molecule has 5 heteroatoms. The number of benzene rings is 2. The molecule has 0 saturated carbocycles. The van der Waals surface area contributed by atoms with Crippen molar-refractivity contribution in [1.29, 1.82) is 0 Å². The van der Waals surface area contributed by atoms with Crippen LogP contribution in [0.5, 0.6) is 0 Å². The lowest BCUT2D eigenvalue weighted by atomic mass is 10.1. The topological polar surface area (TPSA) is 12.0 Å². The summed E-state index contributed by atoms with van der Waals surface area (Å²) in [4.78, 5) is 0. The maximum Gasteiger partial charge on any atom is 0.123 e. The van der Waals surface area contributed by atoms with Crippen molar-refractivity contribution >= 4 is 53.5 Å². The molecule has 0 aliphatic rings. The Labute approximate surface area is 137 Å². The molecule has 0 spiro atoms. The number of nitrogens with one attached hydrogen (secondary N) is 1. The Hall–Kier alpha value is -0.390. The zero-order chi connectivity index (χ0) is 14.0. The first-order chi connectivity index (χ1) is 8.97. The van der Waals surface area contributed by atoms with Crippen molar-refractivity contribution < 1.29 is 4.39 Å². The molecule has 2 aromatic carbocycles. The summed E-state index contributed by atoms with van der Waals surface area (Å²) in [7, 11) is 0. The highest BCUT2D eigenvalue weighted by molar-refractivity contribution is 9.11. The molecule has 0 aliphatic heterocycles. The molecule has 1 atom stereocenters. The molecule has 2 rings (SSSR count). The Morgan fingerprint density at radius 2 is 1.68 bits per heavy atom. The van der Waals surface area contributed by atoms with E-state index in [-0.39, 0.29) is 11.9 Å². The van der Waals surface area contributed by atoms with Crippen molar-refractivity contribution in [3.63, 3.8) is 0 Å². The second-order valence-electron chi connectivity index (χ2n) is 4.17. The van der Waals surface area contributed by atoms with E-state index in [9.17, 15) is 4.39 Å². The van der Waals surface area contributed by atoms with Crippen LogP contribution in [0.1, 0.15) is 18.5 Å². The molecular weight excluding hydrogens is 441 g/mol. The van der Waals surface area contributed by atoms with Crippen molar-refractivity contribution in [3.8, 4) is 0 Å². The third-order valence-electron chi connectivity index (χ3n) is 2.72. The SMILES string of the molecule is CC(Nc1c(Br)cc(Br)cc1Br)c1cccc(F)c1. The fourth-order valence-electron chi connectivity index (χ4n) is 1.76. The fourth-order valence-corrected chi connectivity index (χ4v) is 4.24. The van der Waals surface area contributed by atoms with E-state index in [1.807, 2.05) is 25.1 Å². The van der Waals surface area contributed by atoms with Crippen LogP contribution in [0, 0.1) is 5.82 Å². The van der Waals surface area contributed by atoms with Gasteiger partial charge in [0.05, 0.1) is 5.69 Å². The molecule has 1 N–H and O–H groups in total. The van der Waals surface area contributed by atoms with Crippen LogP contribution in [0.3, 0.4) is 0 Å². The largest absolute Gasteiger partial charge is 0.377 e. The number of anilines is 1. The molecule has 0 bridgehead atoms. The zero-order valence-corrected chi connectivity index (χ0v) is 14.8. The summed E-state index contributed by atoms with van der Waals surface area (Å²) in [6.07, 6.45) is 0. The molecule has 0 aliphatic carbocycles. The highest BCUT2D eigenvalue weighted by Gasteiger charge is 2.11. The smallest absolute Gasteiger partial charge is 0.123 e. The monoisotopic (exact) mass is 449 g/mol. The van der Waals surface area contributed by atoms with Crippen LogP contribution in [-0.2, 0) is 0 Å². The van der Waals surface area contributed by atoms with Gasteiger partial charge in [-0.2, -0.15) is 0 Å². The summed E-state index contributed by atoms with van der Waals surface area (Å²) in [5.74, 6) is -0.222. The van der Waals surface area contributed by atoms with Gasteiger partial charge in [-0.15, -0.1) is 0 Å². The molecule has 0 radical (unpaired) electrons. The van der Waals surface area contributed by atoms with Gasteiger partial charge in [0, 0.05) is 19.5 Å². The Morgan fingerprint density at radius 1 is 1.05 bits per heavy atom. The summed E-state index contributed by atoms with van der Waals surface area (Å²) in [5.41, 5.74) is 1.85. The second-order valence-corrected chi connectivity index (χ2v) is 6.79. The number of hydrogen-bond acceptors (Lipinski definition) is 1. The molecule has 1 unspecified atom stereocenters. The zero-order valence-electron chi connectivity index (χ0n) is 10.1. The molecule has 2 aromatic rings. The standard InChI is InChI=1S/C14H11Br3FN/c1-8(9-3-2-4-11(18)5-9)19-14-12(16)6-10(15)7-13(14)17/h2-8,19H,1H3. The molecule has 0 amide bonds. The van der Waals surface area contributed by atoms with Crippen LogP contribution in [0.25, 0.3) is 0 Å². The lowest BCUT2D eigenvalue weighted by Crippen LogP contribution is -2.08. The molecular formula is C14H11Br3FN.